The Labute approximate surface area is 179 Å². The molecule has 2 rings (SSSR count). The van der Waals surface area contributed by atoms with E-state index in [2.05, 4.69) is 13.8 Å². The fourth-order valence-corrected chi connectivity index (χ4v) is 2.85. The number of esters is 2. The monoisotopic (exact) mass is 412 g/mol. The number of rotatable bonds is 13. The first-order valence-electron chi connectivity index (χ1n) is 10.9. The van der Waals surface area contributed by atoms with Crippen molar-refractivity contribution in [3.63, 3.8) is 0 Å². The molecule has 0 N–H and O–H groups in total. The zero-order valence-electron chi connectivity index (χ0n) is 18.0. The van der Waals surface area contributed by atoms with Crippen LogP contribution in [0.25, 0.3) is 0 Å². The SMILES string of the molecule is CCCCCCC(=O)Oc1ccc(C(=O)Oc2ccc(OCCCCC)cc2)cc1. The summed E-state index contributed by atoms with van der Waals surface area (Å²) in [6.45, 7) is 4.96. The second kappa shape index (κ2) is 13.4. The van der Waals surface area contributed by atoms with Gasteiger partial charge in [0, 0.05) is 6.42 Å². The molecular formula is C25H32O5. The Balaban J connectivity index is 1.79. The second-order valence-corrected chi connectivity index (χ2v) is 7.23. The van der Waals surface area contributed by atoms with Gasteiger partial charge in [-0.1, -0.05) is 46.0 Å². The first-order valence-corrected chi connectivity index (χ1v) is 10.9. The number of benzene rings is 2. The minimum absolute atomic E-state index is 0.251. The lowest BCUT2D eigenvalue weighted by Gasteiger charge is -2.08. The number of carbonyl (C=O) groups excluding carboxylic acids is 2. The molecule has 30 heavy (non-hydrogen) atoms. The summed E-state index contributed by atoms with van der Waals surface area (Å²) in [6, 6.07) is 13.4. The van der Waals surface area contributed by atoms with E-state index < -0.39 is 5.97 Å². The third-order valence-corrected chi connectivity index (χ3v) is 4.61. The van der Waals surface area contributed by atoms with Crippen molar-refractivity contribution in [3.8, 4) is 17.2 Å². The Morgan fingerprint density at radius 2 is 1.23 bits per heavy atom. The number of hydrogen-bond acceptors (Lipinski definition) is 5. The topological polar surface area (TPSA) is 61.8 Å². The average molecular weight is 413 g/mol. The number of carbonyl (C=O) groups is 2. The van der Waals surface area contributed by atoms with Crippen molar-refractivity contribution in [1.82, 2.24) is 0 Å². The fourth-order valence-electron chi connectivity index (χ4n) is 2.85. The molecule has 0 saturated carbocycles. The Morgan fingerprint density at radius 1 is 0.667 bits per heavy atom. The highest BCUT2D eigenvalue weighted by Gasteiger charge is 2.10. The van der Waals surface area contributed by atoms with Gasteiger partial charge in [-0.05, 0) is 61.4 Å². The van der Waals surface area contributed by atoms with Crippen molar-refractivity contribution >= 4 is 11.9 Å². The van der Waals surface area contributed by atoms with Crippen LogP contribution in [0.2, 0.25) is 0 Å². The summed E-state index contributed by atoms with van der Waals surface area (Å²) in [5.41, 5.74) is 0.387. The van der Waals surface area contributed by atoms with Crippen LogP contribution in [-0.2, 0) is 4.79 Å². The largest absolute Gasteiger partial charge is 0.494 e. The Kier molecular flexibility index (Phi) is 10.5. The molecule has 162 valence electrons. The summed E-state index contributed by atoms with van der Waals surface area (Å²) in [7, 11) is 0. The molecule has 0 aliphatic rings. The summed E-state index contributed by atoms with van der Waals surface area (Å²) in [5, 5.41) is 0. The molecular weight excluding hydrogens is 380 g/mol. The maximum Gasteiger partial charge on any atom is 0.343 e. The van der Waals surface area contributed by atoms with E-state index >= 15 is 0 Å². The number of hydrogen-bond donors (Lipinski definition) is 0. The maximum atomic E-state index is 12.3. The van der Waals surface area contributed by atoms with Crippen molar-refractivity contribution < 1.29 is 23.8 Å². The Hall–Kier alpha value is -2.82. The van der Waals surface area contributed by atoms with E-state index in [0.29, 0.717) is 30.1 Å². The van der Waals surface area contributed by atoms with Crippen molar-refractivity contribution in [2.75, 3.05) is 6.61 Å². The van der Waals surface area contributed by atoms with Crippen molar-refractivity contribution in [2.45, 2.75) is 65.2 Å². The molecule has 0 amide bonds. The number of ether oxygens (including phenoxy) is 3. The van der Waals surface area contributed by atoms with E-state index in [1.165, 1.54) is 0 Å². The van der Waals surface area contributed by atoms with Crippen LogP contribution in [0.1, 0.15) is 75.6 Å². The van der Waals surface area contributed by atoms with Gasteiger partial charge in [-0.3, -0.25) is 4.79 Å². The molecule has 0 atom stereocenters. The molecule has 5 nitrogen and oxygen atoms in total. The zero-order chi connectivity index (χ0) is 21.6. The molecule has 0 spiro atoms. The van der Waals surface area contributed by atoms with E-state index in [0.717, 1.165) is 50.7 Å². The third kappa shape index (κ3) is 8.68. The Bertz CT molecular complexity index is 765. The van der Waals surface area contributed by atoms with Gasteiger partial charge in [-0.2, -0.15) is 0 Å². The quantitative estimate of drug-likeness (QED) is 0.218. The normalized spacial score (nSPS) is 10.5. The molecule has 0 saturated heterocycles. The van der Waals surface area contributed by atoms with Gasteiger partial charge >= 0.3 is 11.9 Å². The van der Waals surface area contributed by atoms with Gasteiger partial charge in [-0.15, -0.1) is 0 Å². The minimum Gasteiger partial charge on any atom is -0.494 e. The molecule has 0 fully saturated rings. The molecule has 2 aromatic carbocycles. The summed E-state index contributed by atoms with van der Waals surface area (Å²) in [6.07, 6.45) is 7.84. The van der Waals surface area contributed by atoms with Crippen LogP contribution < -0.4 is 14.2 Å². The highest BCUT2D eigenvalue weighted by atomic mass is 16.5. The molecule has 0 aromatic heterocycles. The van der Waals surface area contributed by atoms with E-state index in [-0.39, 0.29) is 5.97 Å². The van der Waals surface area contributed by atoms with E-state index in [1.54, 1.807) is 48.5 Å². The van der Waals surface area contributed by atoms with E-state index in [9.17, 15) is 9.59 Å². The molecule has 0 heterocycles. The molecule has 0 bridgehead atoms. The van der Waals surface area contributed by atoms with Crippen LogP contribution in [-0.4, -0.2) is 18.5 Å². The zero-order valence-corrected chi connectivity index (χ0v) is 18.0. The Morgan fingerprint density at radius 3 is 1.90 bits per heavy atom. The fraction of sp³-hybridized carbons (Fsp3) is 0.440. The highest BCUT2D eigenvalue weighted by Crippen LogP contribution is 2.20. The summed E-state index contributed by atoms with van der Waals surface area (Å²) >= 11 is 0. The first kappa shape index (κ1) is 23.5. The van der Waals surface area contributed by atoms with Crippen LogP contribution >= 0.6 is 0 Å². The third-order valence-electron chi connectivity index (χ3n) is 4.61. The van der Waals surface area contributed by atoms with Gasteiger partial charge in [0.05, 0.1) is 12.2 Å². The summed E-state index contributed by atoms with van der Waals surface area (Å²) in [5.74, 6) is 0.911. The lowest BCUT2D eigenvalue weighted by atomic mass is 10.1. The maximum absolute atomic E-state index is 12.3. The molecule has 5 heteroatoms. The van der Waals surface area contributed by atoms with Gasteiger partial charge in [0.1, 0.15) is 17.2 Å². The van der Waals surface area contributed by atoms with Crippen molar-refractivity contribution in [3.05, 3.63) is 54.1 Å². The van der Waals surface area contributed by atoms with E-state index in [4.69, 9.17) is 14.2 Å². The van der Waals surface area contributed by atoms with Crippen LogP contribution in [0.5, 0.6) is 17.2 Å². The van der Waals surface area contributed by atoms with Crippen LogP contribution in [0.15, 0.2) is 48.5 Å². The smallest absolute Gasteiger partial charge is 0.343 e. The van der Waals surface area contributed by atoms with Gasteiger partial charge in [0.25, 0.3) is 0 Å². The first-order chi connectivity index (χ1) is 14.6. The lowest BCUT2D eigenvalue weighted by molar-refractivity contribution is -0.134. The van der Waals surface area contributed by atoms with Gasteiger partial charge in [0.15, 0.2) is 0 Å². The van der Waals surface area contributed by atoms with E-state index in [1.807, 2.05) is 0 Å². The average Bonchev–Trinajstić information content (AvgIpc) is 2.76. The van der Waals surface area contributed by atoms with Crippen LogP contribution in [0.4, 0.5) is 0 Å². The van der Waals surface area contributed by atoms with Gasteiger partial charge in [0.2, 0.25) is 0 Å². The van der Waals surface area contributed by atoms with Crippen LogP contribution in [0.3, 0.4) is 0 Å². The predicted octanol–water partition coefficient (Wildman–Crippen LogP) is 6.35. The number of unbranched alkanes of at least 4 members (excludes halogenated alkanes) is 5. The van der Waals surface area contributed by atoms with Crippen LogP contribution in [0, 0.1) is 0 Å². The molecule has 0 aliphatic heterocycles. The summed E-state index contributed by atoms with van der Waals surface area (Å²) < 4.78 is 16.3. The molecule has 0 radical (unpaired) electrons. The van der Waals surface area contributed by atoms with Crippen molar-refractivity contribution in [2.24, 2.45) is 0 Å². The minimum atomic E-state index is -0.468. The van der Waals surface area contributed by atoms with Crippen molar-refractivity contribution in [1.29, 1.82) is 0 Å². The van der Waals surface area contributed by atoms with Gasteiger partial charge < -0.3 is 14.2 Å². The highest BCUT2D eigenvalue weighted by molar-refractivity contribution is 5.91. The standard InChI is InChI=1S/C25H32O5/c1-3-5-7-8-10-24(26)29-22-13-11-20(12-14-22)25(27)30-23-17-15-21(16-18-23)28-19-9-6-4-2/h11-18H,3-10,19H2,1-2H3. The lowest BCUT2D eigenvalue weighted by Crippen LogP contribution is -2.10. The second-order valence-electron chi connectivity index (χ2n) is 7.23. The molecule has 0 aliphatic carbocycles. The molecule has 0 unspecified atom stereocenters. The van der Waals surface area contributed by atoms with Gasteiger partial charge in [-0.25, -0.2) is 4.79 Å². The predicted molar refractivity (Wildman–Crippen MR) is 117 cm³/mol. The molecule has 2 aromatic rings. The summed E-state index contributed by atoms with van der Waals surface area (Å²) in [4.78, 5) is 24.2.